The van der Waals surface area contributed by atoms with Crippen molar-refractivity contribution in [2.75, 3.05) is 13.4 Å². The number of benzene rings is 2. The summed E-state index contributed by atoms with van der Waals surface area (Å²) in [6.45, 7) is 1.71. The molecule has 1 N–H and O–H groups in total. The Kier molecular flexibility index (Phi) is 4.94. The molecule has 7 heteroatoms. The summed E-state index contributed by atoms with van der Waals surface area (Å²) < 4.78 is 16.1. The van der Waals surface area contributed by atoms with Gasteiger partial charge in [0.25, 0.3) is 5.91 Å². The van der Waals surface area contributed by atoms with Crippen LogP contribution in [-0.4, -0.2) is 30.3 Å². The van der Waals surface area contributed by atoms with Gasteiger partial charge in [-0.1, -0.05) is 24.3 Å². The Balaban J connectivity index is 1.27. The zero-order chi connectivity index (χ0) is 21.4. The van der Waals surface area contributed by atoms with Crippen molar-refractivity contribution in [2.24, 2.45) is 0 Å². The lowest BCUT2D eigenvalue weighted by molar-refractivity contribution is -0.124. The van der Waals surface area contributed by atoms with Crippen LogP contribution in [0.5, 0.6) is 11.5 Å². The van der Waals surface area contributed by atoms with Crippen molar-refractivity contribution in [2.45, 2.75) is 32.2 Å². The highest BCUT2D eigenvalue weighted by atomic mass is 16.7. The molecule has 31 heavy (non-hydrogen) atoms. The van der Waals surface area contributed by atoms with Gasteiger partial charge in [0.05, 0.1) is 17.1 Å². The number of fused-ring (bicyclic) bond motifs is 3. The van der Waals surface area contributed by atoms with E-state index in [1.165, 1.54) is 0 Å². The summed E-state index contributed by atoms with van der Waals surface area (Å²) in [6.07, 6.45) is 2.62. The number of ether oxygens (including phenoxy) is 3. The van der Waals surface area contributed by atoms with Crippen LogP contribution in [0.15, 0.2) is 42.5 Å². The average Bonchev–Trinajstić information content (AvgIpc) is 3.44. The smallest absolute Gasteiger partial charge is 0.339 e. The first-order valence-corrected chi connectivity index (χ1v) is 10.4. The molecule has 0 spiro atoms. The molecule has 1 aliphatic heterocycles. The van der Waals surface area contributed by atoms with Gasteiger partial charge in [0, 0.05) is 11.1 Å². The number of aryl methyl sites for hydroxylation is 1. The molecular weight excluding hydrogens is 396 g/mol. The molecule has 0 radical (unpaired) electrons. The van der Waals surface area contributed by atoms with Gasteiger partial charge >= 0.3 is 5.97 Å². The second-order valence-electron chi connectivity index (χ2n) is 7.76. The normalized spacial score (nSPS) is 14.9. The van der Waals surface area contributed by atoms with Crippen LogP contribution in [0.1, 0.15) is 46.6 Å². The minimum atomic E-state index is -0.484. The minimum absolute atomic E-state index is 0.197. The Morgan fingerprint density at radius 3 is 2.87 bits per heavy atom. The number of rotatable bonds is 5. The van der Waals surface area contributed by atoms with Gasteiger partial charge in [-0.3, -0.25) is 9.78 Å². The van der Waals surface area contributed by atoms with Gasteiger partial charge < -0.3 is 19.5 Å². The van der Waals surface area contributed by atoms with E-state index in [1.807, 2.05) is 49.4 Å². The standard InChI is InChI=1S/C24H22N2O5/c1-14(15-9-10-20-21(11-15)31-13-30-20)25-22(27)12-29-24(28)23-16-5-2-3-7-18(16)26-19-8-4-6-17(19)23/h2-3,5,7,9-11,14H,4,6,8,12-13H2,1H3,(H,25,27)/t14-/m1/s1. The fourth-order valence-corrected chi connectivity index (χ4v) is 4.20. The van der Waals surface area contributed by atoms with Crippen LogP contribution in [0.4, 0.5) is 0 Å². The summed E-state index contributed by atoms with van der Waals surface area (Å²) in [7, 11) is 0. The zero-order valence-corrected chi connectivity index (χ0v) is 17.1. The fraction of sp³-hybridized carbons (Fsp3) is 0.292. The average molecular weight is 418 g/mol. The lowest BCUT2D eigenvalue weighted by Crippen LogP contribution is -2.31. The molecule has 0 saturated heterocycles. The van der Waals surface area contributed by atoms with Crippen LogP contribution < -0.4 is 14.8 Å². The second-order valence-corrected chi connectivity index (χ2v) is 7.76. The molecule has 1 aromatic heterocycles. The molecule has 2 aromatic carbocycles. The maximum Gasteiger partial charge on any atom is 0.339 e. The Morgan fingerprint density at radius 2 is 1.97 bits per heavy atom. The molecule has 3 aromatic rings. The summed E-state index contributed by atoms with van der Waals surface area (Å²) in [6, 6.07) is 12.8. The number of hydrogen-bond donors (Lipinski definition) is 1. The van der Waals surface area contributed by atoms with E-state index in [0.717, 1.165) is 47.0 Å². The Labute approximate surface area is 179 Å². The summed E-state index contributed by atoms with van der Waals surface area (Å²) in [5.74, 6) is 0.493. The van der Waals surface area contributed by atoms with E-state index >= 15 is 0 Å². The van der Waals surface area contributed by atoms with E-state index in [0.29, 0.717) is 17.1 Å². The summed E-state index contributed by atoms with van der Waals surface area (Å²) in [5, 5.41) is 3.62. The van der Waals surface area contributed by atoms with Gasteiger partial charge in [0.2, 0.25) is 6.79 Å². The third kappa shape index (κ3) is 3.67. The first kappa shape index (κ1) is 19.4. The van der Waals surface area contributed by atoms with Crippen molar-refractivity contribution in [3.8, 4) is 11.5 Å². The molecule has 2 aliphatic rings. The van der Waals surface area contributed by atoms with Crippen molar-refractivity contribution >= 4 is 22.8 Å². The number of hydrogen-bond acceptors (Lipinski definition) is 6. The Hall–Kier alpha value is -3.61. The lowest BCUT2D eigenvalue weighted by atomic mass is 10.0. The van der Waals surface area contributed by atoms with Crippen LogP contribution in [0, 0.1) is 0 Å². The Bertz CT molecular complexity index is 1190. The third-order valence-electron chi connectivity index (χ3n) is 5.73. The van der Waals surface area contributed by atoms with E-state index in [2.05, 4.69) is 10.3 Å². The van der Waals surface area contributed by atoms with E-state index in [4.69, 9.17) is 14.2 Å². The van der Waals surface area contributed by atoms with Crippen molar-refractivity contribution in [1.29, 1.82) is 0 Å². The zero-order valence-electron chi connectivity index (χ0n) is 17.1. The number of pyridine rings is 1. The van der Waals surface area contributed by atoms with E-state index in [9.17, 15) is 9.59 Å². The fourth-order valence-electron chi connectivity index (χ4n) is 4.20. The van der Waals surface area contributed by atoms with Crippen molar-refractivity contribution in [3.63, 3.8) is 0 Å². The lowest BCUT2D eigenvalue weighted by Gasteiger charge is -2.16. The summed E-state index contributed by atoms with van der Waals surface area (Å²) >= 11 is 0. The first-order valence-electron chi connectivity index (χ1n) is 10.4. The highest BCUT2D eigenvalue weighted by Gasteiger charge is 2.25. The molecule has 0 saturated carbocycles. The van der Waals surface area contributed by atoms with Crippen LogP contribution in [0.3, 0.4) is 0 Å². The summed E-state index contributed by atoms with van der Waals surface area (Å²) in [5.41, 5.74) is 4.08. The number of nitrogens with zero attached hydrogens (tertiary/aromatic N) is 1. The van der Waals surface area contributed by atoms with E-state index in [1.54, 1.807) is 0 Å². The summed E-state index contributed by atoms with van der Waals surface area (Å²) in [4.78, 5) is 30.1. The van der Waals surface area contributed by atoms with Crippen LogP contribution in [0.25, 0.3) is 10.9 Å². The van der Waals surface area contributed by atoms with Gasteiger partial charge in [-0.25, -0.2) is 4.79 Å². The maximum absolute atomic E-state index is 12.9. The molecule has 158 valence electrons. The number of carbonyl (C=O) groups is 2. The molecule has 2 heterocycles. The third-order valence-corrected chi connectivity index (χ3v) is 5.73. The van der Waals surface area contributed by atoms with Gasteiger partial charge in [0.15, 0.2) is 18.1 Å². The number of amides is 1. The van der Waals surface area contributed by atoms with Gasteiger partial charge in [0.1, 0.15) is 0 Å². The second kappa shape index (κ2) is 7.91. The van der Waals surface area contributed by atoms with Crippen LogP contribution in [0.2, 0.25) is 0 Å². The monoisotopic (exact) mass is 418 g/mol. The van der Waals surface area contributed by atoms with Gasteiger partial charge in [-0.15, -0.1) is 0 Å². The van der Waals surface area contributed by atoms with Gasteiger partial charge in [-0.05, 0) is 55.5 Å². The van der Waals surface area contributed by atoms with Crippen LogP contribution >= 0.6 is 0 Å². The highest BCUT2D eigenvalue weighted by Crippen LogP contribution is 2.34. The SMILES string of the molecule is C[C@@H](NC(=O)COC(=O)c1c2c(nc3ccccc13)CCC2)c1ccc2c(c1)OCO2. The number of nitrogens with one attached hydrogen (secondary N) is 1. The van der Waals surface area contributed by atoms with E-state index in [-0.39, 0.29) is 25.3 Å². The number of para-hydroxylation sites is 1. The molecular formula is C24H22N2O5. The molecule has 1 aliphatic carbocycles. The first-order chi connectivity index (χ1) is 15.1. The predicted octanol–water partition coefficient (Wildman–Crippen LogP) is 3.49. The highest BCUT2D eigenvalue weighted by molar-refractivity contribution is 6.05. The predicted molar refractivity (Wildman–Crippen MR) is 113 cm³/mol. The molecule has 7 nitrogen and oxygen atoms in total. The topological polar surface area (TPSA) is 86.8 Å². The number of carbonyl (C=O) groups excluding carboxylic acids is 2. The molecule has 0 fully saturated rings. The van der Waals surface area contributed by atoms with E-state index < -0.39 is 5.97 Å². The van der Waals surface area contributed by atoms with Crippen LogP contribution in [-0.2, 0) is 22.4 Å². The Morgan fingerprint density at radius 1 is 1.13 bits per heavy atom. The quantitative estimate of drug-likeness (QED) is 0.639. The number of esters is 1. The minimum Gasteiger partial charge on any atom is -0.454 e. The molecule has 1 atom stereocenters. The molecule has 0 unspecified atom stereocenters. The molecule has 5 rings (SSSR count). The van der Waals surface area contributed by atoms with Gasteiger partial charge in [-0.2, -0.15) is 0 Å². The van der Waals surface area contributed by atoms with Crippen molar-refractivity contribution < 1.29 is 23.8 Å². The molecule has 1 amide bonds. The van der Waals surface area contributed by atoms with Crippen molar-refractivity contribution in [1.82, 2.24) is 10.3 Å². The van der Waals surface area contributed by atoms with Crippen molar-refractivity contribution in [3.05, 3.63) is 64.8 Å². The number of aromatic nitrogens is 1. The maximum atomic E-state index is 12.9. The largest absolute Gasteiger partial charge is 0.454 e. The molecule has 0 bridgehead atoms.